The van der Waals surface area contributed by atoms with E-state index >= 15 is 0 Å². The van der Waals surface area contributed by atoms with Crippen molar-refractivity contribution in [3.05, 3.63) is 77.4 Å². The molecule has 0 N–H and O–H groups in total. The summed E-state index contributed by atoms with van der Waals surface area (Å²) in [5.41, 5.74) is 2.33. The fourth-order valence-electron chi connectivity index (χ4n) is 5.42. The third-order valence-electron chi connectivity index (χ3n) is 7.61. The van der Waals surface area contributed by atoms with Gasteiger partial charge in [0.2, 0.25) is 5.91 Å². The van der Waals surface area contributed by atoms with Crippen molar-refractivity contribution in [1.82, 2.24) is 4.90 Å². The van der Waals surface area contributed by atoms with E-state index in [1.807, 2.05) is 112 Å². The normalized spacial score (nSPS) is 17.1. The molecule has 0 saturated heterocycles. The topological polar surface area (TPSA) is 66.9 Å². The summed E-state index contributed by atoms with van der Waals surface area (Å²) < 4.78 is 5.83. The maximum atomic E-state index is 14.3. The number of rotatable bonds is 8. The third kappa shape index (κ3) is 7.25. The van der Waals surface area contributed by atoms with Crippen molar-refractivity contribution in [1.29, 1.82) is 0 Å². The lowest BCUT2D eigenvalue weighted by atomic mass is 9.84. The van der Waals surface area contributed by atoms with Gasteiger partial charge in [0.05, 0.1) is 5.56 Å². The molecule has 0 atom stereocenters. The molecule has 1 heterocycles. The van der Waals surface area contributed by atoms with Gasteiger partial charge in [0, 0.05) is 35.5 Å². The Morgan fingerprint density at radius 2 is 1.51 bits per heavy atom. The van der Waals surface area contributed by atoms with Crippen molar-refractivity contribution < 1.29 is 19.1 Å². The number of anilines is 1. The van der Waals surface area contributed by atoms with Crippen LogP contribution in [-0.2, 0) is 9.53 Å². The van der Waals surface area contributed by atoms with Crippen molar-refractivity contribution in [2.45, 2.75) is 78.9 Å². The number of aryl methyl sites for hydroxylation is 1. The first-order chi connectivity index (χ1) is 19.5. The van der Waals surface area contributed by atoms with Gasteiger partial charge in [-0.2, -0.15) is 0 Å². The average molecular weight is 575 g/mol. The number of carbonyl (C=O) groups excluding carboxylic acids is 3. The summed E-state index contributed by atoms with van der Waals surface area (Å²) in [6.45, 7) is 12.9. The molecule has 1 aliphatic rings. The first kappa shape index (κ1) is 30.5. The number of hydrogen-bond acceptors (Lipinski definition) is 5. The molecule has 218 valence electrons. The summed E-state index contributed by atoms with van der Waals surface area (Å²) >= 11 is 1.44. The number of amides is 2. The van der Waals surface area contributed by atoms with Crippen molar-refractivity contribution in [3.63, 3.8) is 0 Å². The highest BCUT2D eigenvalue weighted by atomic mass is 32.1. The van der Waals surface area contributed by atoms with Crippen LogP contribution in [0.3, 0.4) is 0 Å². The second-order valence-corrected chi connectivity index (χ2v) is 12.8. The fourth-order valence-corrected chi connectivity index (χ4v) is 6.64. The highest BCUT2D eigenvalue weighted by molar-refractivity contribution is 7.20. The lowest BCUT2D eigenvalue weighted by molar-refractivity contribution is -0.136. The van der Waals surface area contributed by atoms with Crippen LogP contribution in [-0.4, -0.2) is 47.4 Å². The van der Waals surface area contributed by atoms with Gasteiger partial charge < -0.3 is 9.64 Å². The first-order valence-electron chi connectivity index (χ1n) is 14.6. The number of ether oxygens (including phenoxy) is 1. The van der Waals surface area contributed by atoms with E-state index in [2.05, 4.69) is 0 Å². The molecule has 4 rings (SSSR count). The predicted octanol–water partition coefficient (Wildman–Crippen LogP) is 7.75. The van der Waals surface area contributed by atoms with E-state index in [0.717, 1.165) is 16.0 Å². The summed E-state index contributed by atoms with van der Waals surface area (Å²) in [6.07, 6.45) is 2.77. The zero-order valence-electron chi connectivity index (χ0n) is 25.1. The van der Waals surface area contributed by atoms with Crippen molar-refractivity contribution in [3.8, 4) is 10.4 Å². The number of carbonyl (C=O) groups is 3. The van der Waals surface area contributed by atoms with Crippen LogP contribution < -0.4 is 4.90 Å². The minimum Gasteiger partial charge on any atom is -0.456 e. The second kappa shape index (κ2) is 13.0. The Morgan fingerprint density at radius 3 is 2.07 bits per heavy atom. The fraction of sp³-hybridized carbons (Fsp3) is 0.441. The Kier molecular flexibility index (Phi) is 9.69. The standard InChI is InChI=1S/C34H42N2O4S/c1-7-35(8-2)30(37)25-18-20-27(21-19-25)36(31(38)26-16-14-23(3)15-17-26)32-28(33(39)40-34(4,5)6)22-29(41-32)24-12-10-9-11-13-24/h9-17,22,25,27H,7-8,18-21H2,1-6H3. The van der Waals surface area contributed by atoms with E-state index in [1.54, 1.807) is 0 Å². The lowest BCUT2D eigenvalue weighted by Crippen LogP contribution is -2.45. The maximum Gasteiger partial charge on any atom is 0.341 e. The lowest BCUT2D eigenvalue weighted by Gasteiger charge is -2.37. The van der Waals surface area contributed by atoms with Crippen LogP contribution in [0.4, 0.5) is 5.00 Å². The molecule has 41 heavy (non-hydrogen) atoms. The highest BCUT2D eigenvalue weighted by Gasteiger charge is 2.37. The molecule has 2 amide bonds. The Balaban J connectivity index is 1.77. The van der Waals surface area contributed by atoms with Crippen LogP contribution in [0.25, 0.3) is 10.4 Å². The molecule has 7 heteroatoms. The summed E-state index contributed by atoms with van der Waals surface area (Å²) in [4.78, 5) is 45.6. The van der Waals surface area contributed by atoms with Crippen molar-refractivity contribution >= 4 is 34.1 Å². The Morgan fingerprint density at radius 1 is 0.902 bits per heavy atom. The highest BCUT2D eigenvalue weighted by Crippen LogP contribution is 2.42. The maximum absolute atomic E-state index is 14.3. The van der Waals surface area contributed by atoms with Crippen LogP contribution >= 0.6 is 11.3 Å². The summed E-state index contributed by atoms with van der Waals surface area (Å²) in [7, 11) is 0. The molecule has 0 spiro atoms. The number of nitrogens with zero attached hydrogens (tertiary/aromatic N) is 2. The zero-order chi connectivity index (χ0) is 29.7. The molecule has 1 aliphatic carbocycles. The third-order valence-corrected chi connectivity index (χ3v) is 8.80. The first-order valence-corrected chi connectivity index (χ1v) is 15.5. The Labute approximate surface area is 248 Å². The summed E-state index contributed by atoms with van der Waals surface area (Å²) in [6, 6.07) is 19.2. The van der Waals surface area contributed by atoms with Crippen LogP contribution in [0.2, 0.25) is 0 Å². The van der Waals surface area contributed by atoms with E-state index < -0.39 is 11.6 Å². The number of thiophene rings is 1. The Hall–Kier alpha value is -3.45. The predicted molar refractivity (Wildman–Crippen MR) is 167 cm³/mol. The van der Waals surface area contributed by atoms with E-state index in [9.17, 15) is 14.4 Å². The second-order valence-electron chi connectivity index (χ2n) is 11.8. The van der Waals surface area contributed by atoms with Crippen LogP contribution in [0.15, 0.2) is 60.7 Å². The molecule has 0 radical (unpaired) electrons. The quantitative estimate of drug-likeness (QED) is 0.258. The molecular formula is C34H42N2O4S. The van der Waals surface area contributed by atoms with E-state index in [0.29, 0.717) is 54.9 Å². The smallest absolute Gasteiger partial charge is 0.341 e. The zero-order valence-corrected chi connectivity index (χ0v) is 25.9. The molecule has 1 fully saturated rings. The molecule has 0 unspecified atom stereocenters. The molecular weight excluding hydrogens is 532 g/mol. The monoisotopic (exact) mass is 574 g/mol. The van der Waals surface area contributed by atoms with Gasteiger partial charge in [0.15, 0.2) is 0 Å². The van der Waals surface area contributed by atoms with Gasteiger partial charge in [-0.3, -0.25) is 14.5 Å². The van der Waals surface area contributed by atoms with Crippen LogP contribution in [0.5, 0.6) is 0 Å². The van der Waals surface area contributed by atoms with E-state index in [1.165, 1.54) is 11.3 Å². The van der Waals surface area contributed by atoms with Gasteiger partial charge in [-0.1, -0.05) is 48.0 Å². The Bertz CT molecular complexity index is 1350. The van der Waals surface area contributed by atoms with Crippen molar-refractivity contribution in [2.75, 3.05) is 18.0 Å². The largest absolute Gasteiger partial charge is 0.456 e. The number of hydrogen-bond donors (Lipinski definition) is 0. The molecule has 1 saturated carbocycles. The minimum atomic E-state index is -0.683. The van der Waals surface area contributed by atoms with Gasteiger partial charge in [-0.05, 0) is 91.0 Å². The molecule has 6 nitrogen and oxygen atoms in total. The number of esters is 1. The minimum absolute atomic E-state index is 0.0454. The van der Waals surface area contributed by atoms with Crippen LogP contribution in [0.1, 0.15) is 86.6 Å². The SMILES string of the molecule is CCN(CC)C(=O)C1CCC(N(C(=O)c2ccc(C)cc2)c2sc(-c3ccccc3)cc2C(=O)OC(C)(C)C)CC1. The van der Waals surface area contributed by atoms with E-state index in [4.69, 9.17) is 4.74 Å². The van der Waals surface area contributed by atoms with E-state index in [-0.39, 0.29) is 23.8 Å². The molecule has 3 aromatic rings. The number of benzene rings is 2. The molecule has 0 bridgehead atoms. The van der Waals surface area contributed by atoms with Gasteiger partial charge in [0.1, 0.15) is 10.6 Å². The van der Waals surface area contributed by atoms with Gasteiger partial charge >= 0.3 is 5.97 Å². The summed E-state index contributed by atoms with van der Waals surface area (Å²) in [5.74, 6) is -0.439. The van der Waals surface area contributed by atoms with Crippen LogP contribution in [0, 0.1) is 12.8 Å². The average Bonchev–Trinajstić information content (AvgIpc) is 3.39. The molecule has 1 aromatic heterocycles. The molecule has 0 aliphatic heterocycles. The van der Waals surface area contributed by atoms with Crippen molar-refractivity contribution in [2.24, 2.45) is 5.92 Å². The van der Waals surface area contributed by atoms with Gasteiger partial charge in [-0.25, -0.2) is 4.79 Å². The molecule has 2 aromatic carbocycles. The van der Waals surface area contributed by atoms with Gasteiger partial charge in [-0.15, -0.1) is 11.3 Å². The summed E-state index contributed by atoms with van der Waals surface area (Å²) in [5, 5.41) is 0.599. The van der Waals surface area contributed by atoms with Gasteiger partial charge in [0.25, 0.3) is 5.91 Å².